The Morgan fingerprint density at radius 1 is 0.516 bits per heavy atom. The van der Waals surface area contributed by atoms with Gasteiger partial charge in [0.15, 0.2) is 0 Å². The van der Waals surface area contributed by atoms with Gasteiger partial charge in [-0.25, -0.2) is 0 Å². The molecule has 0 bridgehead atoms. The molecule has 1 aliphatic carbocycles. The normalized spacial score (nSPS) is 17.3. The number of primary amides is 2. The van der Waals surface area contributed by atoms with Crippen molar-refractivity contribution >= 4 is 82.7 Å². The number of nitrogens with zero attached hydrogens (tertiary/aromatic N) is 1. The van der Waals surface area contributed by atoms with E-state index >= 15 is 0 Å². The van der Waals surface area contributed by atoms with E-state index in [4.69, 9.17) is 17.2 Å². The minimum absolute atomic E-state index is 0.0555. The zero-order valence-corrected chi connectivity index (χ0v) is 54.4. The summed E-state index contributed by atoms with van der Waals surface area (Å²) in [7, 11) is 0. The standard InChI is InChI=1S/C61H99N15O17/c1-31(2)21-39(54(86)66-29-50(83)76-20-12-15-46(76)52(64)84)70-55(87)40(22-32(3)4)71-57(89)42(25-37-16-18-38(79)19-17-37)69-49(82)28-65-53(85)34(7)67-60(92)45(30-77)74-58(90)44(26-47(63)80)72-56(88)41(23-33(5)6)73-61(93)51(35(8)78)75-59(91)43(68-48(81)27-62)24-36-13-10-9-11-14-36/h16-19,31-36,39-46,51,77-79H,9-15,20-30,62H2,1-8H3,(H2,63,80)(H2,64,84)(H,65,85)(H,66,86)(H,67,92)(H,68,81)(H,69,82)(H,70,87)(H,71,89)(H,72,88)(H,73,93)(H,74,90)(H,75,91)/t34-,35+,39-,40-,41-,42-,43-,44-,45-,46-,51-/m0/s1. The van der Waals surface area contributed by atoms with Crippen LogP contribution in [0.2, 0.25) is 0 Å². The smallest absolute Gasteiger partial charge is 0.245 e. The predicted octanol–water partition coefficient (Wildman–Crippen LogP) is -4.66. The highest BCUT2D eigenvalue weighted by Crippen LogP contribution is 2.28. The second kappa shape index (κ2) is 39.1. The molecule has 0 radical (unpaired) electrons. The highest BCUT2D eigenvalue weighted by molar-refractivity contribution is 6.00. The van der Waals surface area contributed by atoms with Crippen LogP contribution in [0.1, 0.15) is 138 Å². The molecule has 32 heteroatoms. The summed E-state index contributed by atoms with van der Waals surface area (Å²) in [6.45, 7) is 10.5. The summed E-state index contributed by atoms with van der Waals surface area (Å²) in [5.41, 5.74) is 16.9. The first-order valence-corrected chi connectivity index (χ1v) is 31.6. The molecule has 2 fully saturated rings. The van der Waals surface area contributed by atoms with Crippen LogP contribution in [0.15, 0.2) is 24.3 Å². The van der Waals surface area contributed by atoms with Crippen LogP contribution in [0.3, 0.4) is 0 Å². The lowest BCUT2D eigenvalue weighted by Crippen LogP contribution is -2.62. The Balaban J connectivity index is 1.71. The molecule has 1 aromatic carbocycles. The summed E-state index contributed by atoms with van der Waals surface area (Å²) in [6.07, 6.45) is 3.23. The Bertz CT molecular complexity index is 2760. The average molecular weight is 1310 g/mol. The van der Waals surface area contributed by atoms with Crippen molar-refractivity contribution in [1.82, 2.24) is 63.4 Å². The number of rotatable bonds is 38. The molecule has 1 heterocycles. The molecule has 11 atom stereocenters. The van der Waals surface area contributed by atoms with Gasteiger partial charge in [0.05, 0.1) is 38.8 Å². The number of hydrogen-bond donors (Lipinski definition) is 17. The summed E-state index contributed by atoms with van der Waals surface area (Å²) in [6, 6.07) is -8.41. The van der Waals surface area contributed by atoms with E-state index in [1.807, 2.05) is 0 Å². The zero-order valence-electron chi connectivity index (χ0n) is 54.4. The van der Waals surface area contributed by atoms with Gasteiger partial charge in [0.1, 0.15) is 66.2 Å². The lowest BCUT2D eigenvalue weighted by molar-refractivity contribution is -0.138. The molecular formula is C61H99N15O17. The number of hydrogen-bond acceptors (Lipinski definition) is 18. The van der Waals surface area contributed by atoms with Crippen molar-refractivity contribution in [2.75, 3.05) is 32.8 Å². The SMILES string of the molecule is CC(C)C[C@H](NC(=O)[C@H](CC(C)C)NC(=O)[C@H](Cc1ccc(O)cc1)NC(=O)CNC(=O)[C@H](C)NC(=O)[C@H](CO)NC(=O)[C@H](CC(N)=O)NC(=O)[C@H](CC(C)C)NC(=O)[C@@H](NC(=O)[C@H](CC1CCCCC1)NC(=O)CN)[C@@H](C)O)C(=O)NCC(=O)N1CCC[C@H]1C(N)=O. The van der Waals surface area contributed by atoms with Gasteiger partial charge < -0.3 is 95.9 Å². The van der Waals surface area contributed by atoms with Crippen molar-refractivity contribution in [3.63, 3.8) is 0 Å². The molecule has 1 aliphatic heterocycles. The zero-order chi connectivity index (χ0) is 69.8. The third kappa shape index (κ3) is 27.7. The maximum atomic E-state index is 14.2. The van der Waals surface area contributed by atoms with Crippen molar-refractivity contribution in [1.29, 1.82) is 0 Å². The number of nitrogens with two attached hydrogens (primary N) is 3. The average Bonchev–Trinajstić information content (AvgIpc) is 1.79. The molecule has 0 unspecified atom stereocenters. The number of carbonyl (C=O) groups excluding carboxylic acids is 14. The summed E-state index contributed by atoms with van der Waals surface area (Å²) in [5.74, 6) is -13.0. The lowest BCUT2D eigenvalue weighted by Gasteiger charge is -2.30. The van der Waals surface area contributed by atoms with E-state index < -0.39 is 182 Å². The molecular weight excluding hydrogens is 1210 g/mol. The van der Waals surface area contributed by atoms with Crippen LogP contribution in [0, 0.1) is 23.7 Å². The Labute approximate surface area is 541 Å². The quantitative estimate of drug-likeness (QED) is 0.0296. The maximum absolute atomic E-state index is 14.2. The summed E-state index contributed by atoms with van der Waals surface area (Å²) in [5, 5.41) is 58.0. The number of aliphatic hydroxyl groups is 2. The fourth-order valence-electron chi connectivity index (χ4n) is 10.7. The van der Waals surface area contributed by atoms with Gasteiger partial charge in [-0.15, -0.1) is 0 Å². The molecule has 0 spiro atoms. The molecule has 32 nitrogen and oxygen atoms in total. The van der Waals surface area contributed by atoms with Crippen LogP contribution in [-0.2, 0) is 73.5 Å². The molecule has 1 aromatic rings. The first-order chi connectivity index (χ1) is 43.7. The fraction of sp³-hybridized carbons (Fsp3) is 0.672. The van der Waals surface area contributed by atoms with Crippen LogP contribution in [-0.4, -0.2) is 202 Å². The molecule has 14 amide bonds. The Kier molecular flexibility index (Phi) is 33.1. The van der Waals surface area contributed by atoms with Gasteiger partial charge in [0.25, 0.3) is 0 Å². The Morgan fingerprint density at radius 3 is 1.51 bits per heavy atom. The van der Waals surface area contributed by atoms with Gasteiger partial charge in [-0.05, 0) is 93.7 Å². The monoisotopic (exact) mass is 1310 g/mol. The molecule has 0 aromatic heterocycles. The Morgan fingerprint density at radius 2 is 0.989 bits per heavy atom. The minimum Gasteiger partial charge on any atom is -0.508 e. The number of carbonyl (C=O) groups is 14. The molecule has 520 valence electrons. The van der Waals surface area contributed by atoms with E-state index in [1.165, 1.54) is 43.0 Å². The second-order valence-corrected chi connectivity index (χ2v) is 25.1. The largest absolute Gasteiger partial charge is 0.508 e. The molecule has 2 aliphatic rings. The summed E-state index contributed by atoms with van der Waals surface area (Å²) >= 11 is 0. The highest BCUT2D eigenvalue weighted by Gasteiger charge is 2.38. The maximum Gasteiger partial charge on any atom is 0.245 e. The van der Waals surface area contributed by atoms with Crippen molar-refractivity contribution in [2.45, 2.75) is 205 Å². The van der Waals surface area contributed by atoms with Crippen LogP contribution in [0.25, 0.3) is 0 Å². The molecule has 1 saturated heterocycles. The van der Waals surface area contributed by atoms with Crippen LogP contribution in [0.5, 0.6) is 5.75 Å². The fourth-order valence-corrected chi connectivity index (χ4v) is 10.7. The number of likely N-dealkylation sites (tertiary alicyclic amines) is 1. The summed E-state index contributed by atoms with van der Waals surface area (Å²) in [4.78, 5) is 188. The molecule has 1 saturated carbocycles. The van der Waals surface area contributed by atoms with E-state index in [0.29, 0.717) is 18.4 Å². The van der Waals surface area contributed by atoms with Gasteiger partial charge in [-0.2, -0.15) is 0 Å². The van der Waals surface area contributed by atoms with Crippen molar-refractivity contribution in [2.24, 2.45) is 40.9 Å². The molecule has 20 N–H and O–H groups in total. The highest BCUT2D eigenvalue weighted by atomic mass is 16.3. The van der Waals surface area contributed by atoms with Crippen molar-refractivity contribution in [3.8, 4) is 5.75 Å². The number of aliphatic hydroxyl groups excluding tert-OH is 2. The van der Waals surface area contributed by atoms with Gasteiger partial charge in [-0.3, -0.25) is 67.1 Å². The van der Waals surface area contributed by atoms with Crippen LogP contribution >= 0.6 is 0 Å². The van der Waals surface area contributed by atoms with Crippen molar-refractivity contribution < 1.29 is 82.4 Å². The number of aromatic hydroxyl groups is 1. The third-order valence-electron chi connectivity index (χ3n) is 15.6. The van der Waals surface area contributed by atoms with Crippen molar-refractivity contribution in [3.05, 3.63) is 29.8 Å². The Hall–Kier alpha value is -8.52. The van der Waals surface area contributed by atoms with E-state index in [2.05, 4.69) is 58.5 Å². The minimum atomic E-state index is -1.84. The predicted molar refractivity (Wildman–Crippen MR) is 336 cm³/mol. The van der Waals surface area contributed by atoms with E-state index in [0.717, 1.165) is 32.1 Å². The number of benzene rings is 1. The van der Waals surface area contributed by atoms with Gasteiger partial charge in [-0.1, -0.05) is 85.8 Å². The number of nitrogens with one attached hydrogen (secondary N) is 11. The van der Waals surface area contributed by atoms with Crippen LogP contribution in [0.4, 0.5) is 0 Å². The summed E-state index contributed by atoms with van der Waals surface area (Å²) < 4.78 is 0. The number of phenols is 1. The van der Waals surface area contributed by atoms with E-state index in [1.54, 1.807) is 41.5 Å². The third-order valence-corrected chi connectivity index (χ3v) is 15.6. The van der Waals surface area contributed by atoms with E-state index in [-0.39, 0.29) is 68.1 Å². The number of phenolic OH excluding ortho intramolecular Hbond substituents is 1. The van der Waals surface area contributed by atoms with Gasteiger partial charge in [0, 0.05) is 13.0 Å². The second-order valence-electron chi connectivity index (χ2n) is 25.1. The van der Waals surface area contributed by atoms with Gasteiger partial charge in [0.2, 0.25) is 82.7 Å². The topological polar surface area (TPSA) is 513 Å². The number of amides is 14. The lowest BCUT2D eigenvalue weighted by atomic mass is 9.84. The van der Waals surface area contributed by atoms with E-state index in [9.17, 15) is 82.4 Å². The van der Waals surface area contributed by atoms with Gasteiger partial charge >= 0.3 is 0 Å². The molecule has 3 rings (SSSR count). The first-order valence-electron chi connectivity index (χ1n) is 31.6. The first kappa shape index (κ1) is 78.7. The van der Waals surface area contributed by atoms with Crippen LogP contribution < -0.4 is 75.7 Å². The molecule has 93 heavy (non-hydrogen) atoms.